The van der Waals surface area contributed by atoms with Crippen LogP contribution < -0.4 is 16.4 Å². The molecular weight excluding hydrogens is 678 g/mol. The quantitative estimate of drug-likeness (QED) is 0.0822. The zero-order valence-corrected chi connectivity index (χ0v) is 35.3. The van der Waals surface area contributed by atoms with Crippen LogP contribution in [0.25, 0.3) is 0 Å². The zero-order chi connectivity index (χ0) is 41.5. The number of nitrogens with one attached hydrogen (secondary N) is 2. The number of nitrogens with two attached hydrogens (primary N) is 1. The molecule has 0 spiro atoms. The molecule has 0 aliphatic carbocycles. The molecule has 53 heavy (non-hydrogen) atoms. The number of hydrogen-bond donors (Lipinski definition) is 5. The fourth-order valence-electron chi connectivity index (χ4n) is 3.71. The molecule has 0 aliphatic rings. The zero-order valence-electron chi connectivity index (χ0n) is 35.3. The van der Waals surface area contributed by atoms with E-state index in [9.17, 15) is 19.2 Å². The molecule has 12 heteroatoms. The van der Waals surface area contributed by atoms with Crippen molar-refractivity contribution >= 4 is 23.6 Å². The van der Waals surface area contributed by atoms with Gasteiger partial charge in [-0.3, -0.25) is 19.2 Å². The Morgan fingerprint density at radius 3 is 1.83 bits per heavy atom. The van der Waals surface area contributed by atoms with Crippen molar-refractivity contribution in [3.8, 4) is 0 Å². The standard InChI is InChI=1S/C21H33N3O6.C9H20O2.C7H14O.C4H10/c1-21(2,15-30-12-11-29-13-18(22)25)14-24-20(28)17-5-3-16(4-6-17)7-9-23-10-8-19(26)27;1-4-9(2,3)5-7-11-8-6-10;1-5-6(8)7(2,3)4;1-4(2)3/h3-6,23H,7-15H2,1-2H3,(H2,22,25)(H,24,28)(H,26,27);10H,4-8H2,1-3H3;5H2,1-4H3;4H,1-3H3. The number of ether oxygens (including phenoxy) is 3. The van der Waals surface area contributed by atoms with Crippen molar-refractivity contribution in [3.63, 3.8) is 0 Å². The lowest BCUT2D eigenvalue weighted by Crippen LogP contribution is -2.37. The monoisotopic (exact) mass is 756 g/mol. The van der Waals surface area contributed by atoms with Crippen LogP contribution in [0.1, 0.15) is 125 Å². The molecule has 0 atom stereocenters. The van der Waals surface area contributed by atoms with E-state index in [1.165, 1.54) is 6.42 Å². The van der Waals surface area contributed by atoms with Crippen molar-refractivity contribution in [3.05, 3.63) is 35.4 Å². The number of rotatable bonds is 23. The minimum atomic E-state index is -0.818. The summed E-state index contributed by atoms with van der Waals surface area (Å²) >= 11 is 0. The summed E-state index contributed by atoms with van der Waals surface area (Å²) in [7, 11) is 0. The molecule has 0 aliphatic heterocycles. The van der Waals surface area contributed by atoms with Crippen LogP contribution in [0.2, 0.25) is 0 Å². The highest BCUT2D eigenvalue weighted by Crippen LogP contribution is 2.23. The minimum Gasteiger partial charge on any atom is -0.481 e. The number of hydrogen-bond acceptors (Lipinski definition) is 9. The molecule has 310 valence electrons. The van der Waals surface area contributed by atoms with Gasteiger partial charge >= 0.3 is 5.97 Å². The van der Waals surface area contributed by atoms with Gasteiger partial charge in [0, 0.05) is 42.5 Å². The molecule has 0 saturated heterocycles. The van der Waals surface area contributed by atoms with Crippen molar-refractivity contribution in [2.24, 2.45) is 27.9 Å². The summed E-state index contributed by atoms with van der Waals surface area (Å²) < 4.78 is 15.7. The highest BCUT2D eigenvalue weighted by Gasteiger charge is 2.20. The number of carboxylic acids is 1. The lowest BCUT2D eigenvalue weighted by Gasteiger charge is -2.24. The fourth-order valence-corrected chi connectivity index (χ4v) is 3.71. The summed E-state index contributed by atoms with van der Waals surface area (Å²) in [4.78, 5) is 44.2. The second-order valence-corrected chi connectivity index (χ2v) is 16.1. The van der Waals surface area contributed by atoms with Crippen LogP contribution >= 0.6 is 0 Å². The first-order valence-corrected chi connectivity index (χ1v) is 19.0. The number of primary amides is 1. The van der Waals surface area contributed by atoms with E-state index in [0.29, 0.717) is 62.6 Å². The van der Waals surface area contributed by atoms with Gasteiger partial charge in [-0.25, -0.2) is 0 Å². The molecule has 0 aromatic heterocycles. The normalized spacial score (nSPS) is 11.3. The van der Waals surface area contributed by atoms with Crippen LogP contribution in [0.5, 0.6) is 0 Å². The molecule has 1 aromatic rings. The number of ketones is 1. The van der Waals surface area contributed by atoms with Crippen molar-refractivity contribution in [2.45, 2.75) is 115 Å². The van der Waals surface area contributed by atoms with Gasteiger partial charge in [-0.2, -0.15) is 0 Å². The maximum Gasteiger partial charge on any atom is 0.304 e. The largest absolute Gasteiger partial charge is 0.481 e. The Bertz CT molecular complexity index is 1100. The summed E-state index contributed by atoms with van der Waals surface area (Å²) in [5, 5.41) is 23.0. The lowest BCUT2D eigenvalue weighted by molar-refractivity contribution is -0.137. The molecule has 0 unspecified atom stereocenters. The van der Waals surface area contributed by atoms with E-state index in [2.05, 4.69) is 52.2 Å². The maximum absolute atomic E-state index is 12.4. The maximum atomic E-state index is 12.4. The summed E-state index contributed by atoms with van der Waals surface area (Å²) in [6, 6.07) is 7.35. The number of carbonyl (C=O) groups excluding carboxylic acids is 3. The molecule has 0 fully saturated rings. The summed E-state index contributed by atoms with van der Waals surface area (Å²) in [5.74, 6) is -0.322. The molecule has 12 nitrogen and oxygen atoms in total. The van der Waals surface area contributed by atoms with Crippen molar-refractivity contribution in [1.29, 1.82) is 0 Å². The highest BCUT2D eigenvalue weighted by atomic mass is 16.5. The van der Waals surface area contributed by atoms with Crippen molar-refractivity contribution < 1.29 is 43.6 Å². The van der Waals surface area contributed by atoms with Crippen LogP contribution in [-0.4, -0.2) is 99.7 Å². The number of aliphatic carboxylic acids is 1. The Hall–Kier alpha value is -2.90. The van der Waals surface area contributed by atoms with Gasteiger partial charge in [0.1, 0.15) is 12.4 Å². The average Bonchev–Trinajstić information content (AvgIpc) is 3.06. The summed E-state index contributed by atoms with van der Waals surface area (Å²) in [5.41, 5.74) is 6.62. The second kappa shape index (κ2) is 31.5. The third-order valence-electron chi connectivity index (χ3n) is 7.43. The van der Waals surface area contributed by atoms with Gasteiger partial charge < -0.3 is 40.8 Å². The number of carboxylic acid groups (broad SMARTS) is 1. The van der Waals surface area contributed by atoms with Crippen LogP contribution in [0.3, 0.4) is 0 Å². The van der Waals surface area contributed by atoms with Crippen LogP contribution in [0.15, 0.2) is 24.3 Å². The average molecular weight is 756 g/mol. The molecule has 0 bridgehead atoms. The molecule has 1 rings (SSSR count). The first kappa shape index (κ1) is 54.4. The number of benzene rings is 1. The summed E-state index contributed by atoms with van der Waals surface area (Å²) in [6.07, 6.45) is 3.76. The van der Waals surface area contributed by atoms with Gasteiger partial charge in [0.15, 0.2) is 0 Å². The smallest absolute Gasteiger partial charge is 0.304 e. The highest BCUT2D eigenvalue weighted by molar-refractivity contribution is 5.94. The van der Waals surface area contributed by atoms with Gasteiger partial charge in [-0.15, -0.1) is 0 Å². The van der Waals surface area contributed by atoms with Crippen LogP contribution in [0, 0.1) is 22.2 Å². The van der Waals surface area contributed by atoms with E-state index in [4.69, 9.17) is 30.2 Å². The third-order valence-corrected chi connectivity index (χ3v) is 7.43. The second-order valence-electron chi connectivity index (χ2n) is 16.1. The molecule has 0 saturated carbocycles. The van der Waals surface area contributed by atoms with E-state index in [1.54, 1.807) is 12.1 Å². The minimum absolute atomic E-state index is 0.101. The number of amides is 2. The van der Waals surface area contributed by atoms with Crippen LogP contribution in [-0.2, 0) is 35.0 Å². The van der Waals surface area contributed by atoms with Gasteiger partial charge in [0.05, 0.1) is 39.5 Å². The van der Waals surface area contributed by atoms with Gasteiger partial charge in [-0.05, 0) is 48.4 Å². The molecule has 1 aromatic carbocycles. The Morgan fingerprint density at radius 2 is 1.38 bits per heavy atom. The molecule has 0 heterocycles. The third kappa shape index (κ3) is 38.6. The number of carbonyl (C=O) groups is 4. The molecule has 0 radical (unpaired) electrons. The fraction of sp³-hybridized carbons (Fsp3) is 0.756. The number of aliphatic hydroxyl groups excluding tert-OH is 1. The Kier molecular flexibility index (Phi) is 32.3. The summed E-state index contributed by atoms with van der Waals surface area (Å²) in [6.45, 7) is 28.7. The van der Waals surface area contributed by atoms with Gasteiger partial charge in [0.2, 0.25) is 5.91 Å². The van der Waals surface area contributed by atoms with E-state index in [1.807, 2.05) is 53.7 Å². The lowest BCUT2D eigenvalue weighted by atomic mass is 9.87. The van der Waals surface area contributed by atoms with E-state index in [-0.39, 0.29) is 43.0 Å². The van der Waals surface area contributed by atoms with Crippen molar-refractivity contribution in [2.75, 3.05) is 65.9 Å². The Morgan fingerprint density at radius 1 is 0.811 bits per heavy atom. The topological polar surface area (TPSA) is 187 Å². The van der Waals surface area contributed by atoms with E-state index in [0.717, 1.165) is 30.9 Å². The molecular formula is C41H77N3O9. The van der Waals surface area contributed by atoms with Gasteiger partial charge in [-0.1, -0.05) is 102 Å². The predicted molar refractivity (Wildman–Crippen MR) is 214 cm³/mol. The first-order chi connectivity index (χ1) is 24.5. The number of aliphatic hydroxyl groups is 1. The molecule has 6 N–H and O–H groups in total. The van der Waals surface area contributed by atoms with E-state index >= 15 is 0 Å². The van der Waals surface area contributed by atoms with Gasteiger partial charge in [0.25, 0.3) is 5.91 Å². The SMILES string of the molecule is CC(C)(CNC(=O)c1ccc(CCNCCC(=O)O)cc1)COCCOCC(N)=O.CC(C)C.CCC(=O)C(C)(C)C.CCC(C)(C)CCOCCO. The van der Waals surface area contributed by atoms with E-state index < -0.39 is 11.9 Å². The number of Topliss-reactive ketones (excluding diaryl/α,β-unsaturated/α-hetero) is 1. The first-order valence-electron chi connectivity index (χ1n) is 19.0. The van der Waals surface area contributed by atoms with Crippen molar-refractivity contribution in [1.82, 2.24) is 10.6 Å². The Balaban J connectivity index is -0.000000880. The Labute approximate surface area is 321 Å². The predicted octanol–water partition coefficient (Wildman–Crippen LogP) is 6.06. The molecule has 2 amide bonds. The van der Waals surface area contributed by atoms with Crippen LogP contribution in [0.4, 0.5) is 0 Å².